The summed E-state index contributed by atoms with van der Waals surface area (Å²) in [5, 5.41) is 0.158. The highest BCUT2D eigenvalue weighted by Gasteiger charge is 2.18. The van der Waals surface area contributed by atoms with E-state index in [1.54, 1.807) is 12.1 Å². The van der Waals surface area contributed by atoms with E-state index >= 15 is 0 Å². The quantitative estimate of drug-likeness (QED) is 0.626. The van der Waals surface area contributed by atoms with Gasteiger partial charge in [0.15, 0.2) is 9.84 Å². The Morgan fingerprint density at radius 3 is 2.32 bits per heavy atom. The Morgan fingerprint density at radius 2 is 1.74 bits per heavy atom. The molecule has 2 aromatic carbocycles. The molecule has 0 saturated carbocycles. The Kier molecular flexibility index (Phi) is 4.37. The maximum absolute atomic E-state index is 12.3. The van der Waals surface area contributed by atoms with E-state index in [1.807, 2.05) is 12.1 Å². The smallest absolute Gasteiger partial charge is 0.183 e. The molecule has 0 fully saturated rings. The van der Waals surface area contributed by atoms with Gasteiger partial charge in [0.2, 0.25) is 0 Å². The molecule has 0 spiro atoms. The monoisotopic (exact) mass is 407 g/mol. The lowest BCUT2D eigenvalue weighted by molar-refractivity contribution is 0.595. The first kappa shape index (κ1) is 14.6. The van der Waals surface area contributed by atoms with Gasteiger partial charge in [0.1, 0.15) is 0 Å². The Bertz CT molecular complexity index is 699. The van der Waals surface area contributed by atoms with Crippen molar-refractivity contribution in [3.63, 3.8) is 0 Å². The van der Waals surface area contributed by atoms with Gasteiger partial charge in [-0.1, -0.05) is 23.7 Å². The second-order valence-corrected chi connectivity index (χ2v) is 7.69. The number of benzene rings is 2. The fourth-order valence-corrected chi connectivity index (χ4v) is 3.97. The highest BCUT2D eigenvalue weighted by molar-refractivity contribution is 14.1. The van der Waals surface area contributed by atoms with Gasteiger partial charge >= 0.3 is 0 Å². The first-order chi connectivity index (χ1) is 8.88. The van der Waals surface area contributed by atoms with E-state index in [-0.39, 0.29) is 15.7 Å². The molecule has 2 aromatic rings. The fraction of sp³-hybridized carbons (Fsp3) is 0.0769. The molecular weight excluding hydrogens is 397 g/mol. The molecule has 0 atom stereocenters. The lowest BCUT2D eigenvalue weighted by Crippen LogP contribution is -2.06. The second-order valence-electron chi connectivity index (χ2n) is 4.08. The molecule has 0 aliphatic carbocycles. The van der Waals surface area contributed by atoms with Gasteiger partial charge in [0, 0.05) is 9.26 Å². The van der Waals surface area contributed by atoms with Crippen LogP contribution in [0.2, 0.25) is 5.02 Å². The summed E-state index contributed by atoms with van der Waals surface area (Å²) < 4.78 is 25.6. The van der Waals surface area contributed by atoms with Crippen LogP contribution in [0.5, 0.6) is 0 Å². The molecule has 0 heterocycles. The Balaban J connectivity index is 2.35. The summed E-state index contributed by atoms with van der Waals surface area (Å²) in [5.41, 5.74) is 6.73. The van der Waals surface area contributed by atoms with Crippen molar-refractivity contribution in [1.29, 1.82) is 0 Å². The summed E-state index contributed by atoms with van der Waals surface area (Å²) in [6, 6.07) is 11.8. The molecular formula is C13H11ClINO2S. The van der Waals surface area contributed by atoms with E-state index < -0.39 is 9.84 Å². The van der Waals surface area contributed by atoms with E-state index in [0.29, 0.717) is 5.69 Å². The van der Waals surface area contributed by atoms with Crippen molar-refractivity contribution in [3.05, 3.63) is 56.6 Å². The number of anilines is 1. The molecule has 2 N–H and O–H groups in total. The van der Waals surface area contributed by atoms with Crippen LogP contribution in [0.15, 0.2) is 47.4 Å². The molecule has 6 heteroatoms. The van der Waals surface area contributed by atoms with Crippen LogP contribution in [0.25, 0.3) is 0 Å². The number of hydrogen-bond donors (Lipinski definition) is 1. The zero-order chi connectivity index (χ0) is 14.0. The molecule has 0 radical (unpaired) electrons. The second kappa shape index (κ2) is 5.68. The van der Waals surface area contributed by atoms with Crippen LogP contribution in [0.3, 0.4) is 0 Å². The average molecular weight is 408 g/mol. The third-order valence-corrected chi connectivity index (χ3v) is 5.44. The van der Waals surface area contributed by atoms with Gasteiger partial charge in [-0.2, -0.15) is 0 Å². The van der Waals surface area contributed by atoms with Crippen molar-refractivity contribution in [2.45, 2.75) is 10.6 Å². The molecule has 0 amide bonds. The van der Waals surface area contributed by atoms with Crippen LogP contribution in [0.1, 0.15) is 5.56 Å². The summed E-state index contributed by atoms with van der Waals surface area (Å²) in [6.07, 6.45) is 0. The molecule has 0 aromatic heterocycles. The molecule has 100 valence electrons. The molecule has 0 unspecified atom stereocenters. The van der Waals surface area contributed by atoms with Crippen LogP contribution >= 0.6 is 34.2 Å². The van der Waals surface area contributed by atoms with Crippen LogP contribution in [-0.2, 0) is 15.6 Å². The molecule has 0 aliphatic heterocycles. The average Bonchev–Trinajstić information content (AvgIpc) is 2.31. The predicted molar refractivity (Wildman–Crippen MR) is 85.9 cm³/mol. The molecule has 19 heavy (non-hydrogen) atoms. The molecule has 3 nitrogen and oxygen atoms in total. The minimum atomic E-state index is -3.46. The number of halogens is 2. The number of hydrogen-bond acceptors (Lipinski definition) is 3. The third-order valence-electron chi connectivity index (χ3n) is 2.56. The number of nitrogens with two attached hydrogens (primary N) is 1. The van der Waals surface area contributed by atoms with E-state index in [2.05, 4.69) is 22.6 Å². The summed E-state index contributed by atoms with van der Waals surface area (Å²) in [7, 11) is -3.46. The van der Waals surface area contributed by atoms with Crippen molar-refractivity contribution in [2.75, 3.05) is 5.73 Å². The fourth-order valence-electron chi connectivity index (χ4n) is 1.65. The standard InChI is InChI=1S/C13H11ClINO2S/c14-12-7-11(16)5-6-13(12)19(17,18)8-9-1-3-10(15)4-2-9/h1-7H,8,16H2. The largest absolute Gasteiger partial charge is 0.399 e. The maximum atomic E-state index is 12.3. The Hall–Kier alpha value is -0.790. The Morgan fingerprint density at radius 1 is 1.11 bits per heavy atom. The van der Waals surface area contributed by atoms with Gasteiger partial charge in [-0.05, 0) is 58.5 Å². The van der Waals surface area contributed by atoms with E-state index in [9.17, 15) is 8.42 Å². The zero-order valence-corrected chi connectivity index (χ0v) is 13.5. The van der Waals surface area contributed by atoms with Crippen molar-refractivity contribution >= 4 is 49.7 Å². The van der Waals surface area contributed by atoms with Crippen LogP contribution in [0.4, 0.5) is 5.69 Å². The first-order valence-electron chi connectivity index (χ1n) is 5.41. The van der Waals surface area contributed by atoms with Crippen LogP contribution < -0.4 is 5.73 Å². The lowest BCUT2D eigenvalue weighted by atomic mass is 10.2. The van der Waals surface area contributed by atoms with Crippen LogP contribution in [-0.4, -0.2) is 8.42 Å². The Labute approximate surface area is 130 Å². The number of sulfone groups is 1. The highest BCUT2D eigenvalue weighted by atomic mass is 127. The van der Waals surface area contributed by atoms with Gasteiger partial charge in [-0.15, -0.1) is 0 Å². The van der Waals surface area contributed by atoms with E-state index in [1.165, 1.54) is 18.2 Å². The SMILES string of the molecule is Nc1ccc(S(=O)(=O)Cc2ccc(I)cc2)c(Cl)c1. The van der Waals surface area contributed by atoms with Crippen molar-refractivity contribution in [2.24, 2.45) is 0 Å². The van der Waals surface area contributed by atoms with E-state index in [0.717, 1.165) is 9.13 Å². The first-order valence-corrected chi connectivity index (χ1v) is 8.51. The van der Waals surface area contributed by atoms with Gasteiger partial charge < -0.3 is 5.73 Å². The topological polar surface area (TPSA) is 60.2 Å². The maximum Gasteiger partial charge on any atom is 0.183 e. The number of rotatable bonds is 3. The van der Waals surface area contributed by atoms with Crippen molar-refractivity contribution < 1.29 is 8.42 Å². The highest BCUT2D eigenvalue weighted by Crippen LogP contribution is 2.26. The third kappa shape index (κ3) is 3.61. The normalized spacial score (nSPS) is 11.5. The molecule has 0 aliphatic rings. The van der Waals surface area contributed by atoms with Gasteiger partial charge in [-0.25, -0.2) is 8.42 Å². The van der Waals surface area contributed by atoms with Crippen molar-refractivity contribution in [1.82, 2.24) is 0 Å². The number of nitrogen functional groups attached to an aromatic ring is 1. The van der Waals surface area contributed by atoms with Crippen molar-refractivity contribution in [3.8, 4) is 0 Å². The minimum Gasteiger partial charge on any atom is -0.399 e. The summed E-state index contributed by atoms with van der Waals surface area (Å²) in [4.78, 5) is 0.113. The van der Waals surface area contributed by atoms with Gasteiger partial charge in [-0.3, -0.25) is 0 Å². The summed E-state index contributed by atoms with van der Waals surface area (Å²) >= 11 is 8.11. The molecule has 2 rings (SSSR count). The minimum absolute atomic E-state index is 0.0758. The molecule has 0 saturated heterocycles. The summed E-state index contributed by atoms with van der Waals surface area (Å²) in [6.45, 7) is 0. The van der Waals surface area contributed by atoms with Crippen LogP contribution in [0, 0.1) is 3.57 Å². The lowest BCUT2D eigenvalue weighted by Gasteiger charge is -2.07. The predicted octanol–water partition coefficient (Wildman–Crippen LogP) is 3.50. The zero-order valence-electron chi connectivity index (χ0n) is 9.81. The van der Waals surface area contributed by atoms with E-state index in [4.69, 9.17) is 17.3 Å². The molecule has 0 bridgehead atoms. The van der Waals surface area contributed by atoms with Gasteiger partial charge in [0.25, 0.3) is 0 Å². The van der Waals surface area contributed by atoms with Gasteiger partial charge in [0.05, 0.1) is 15.7 Å². The summed E-state index contributed by atoms with van der Waals surface area (Å²) in [5.74, 6) is -0.0758.